The molecule has 0 saturated carbocycles. The monoisotopic (exact) mass is 498 g/mol. The van der Waals surface area contributed by atoms with Gasteiger partial charge in [0.2, 0.25) is 0 Å². The van der Waals surface area contributed by atoms with Crippen LogP contribution >= 0.6 is 23.4 Å². The maximum atomic E-state index is 13.9. The summed E-state index contributed by atoms with van der Waals surface area (Å²) in [5.41, 5.74) is 1.92. The van der Waals surface area contributed by atoms with Crippen LogP contribution in [0.3, 0.4) is 0 Å². The molecule has 2 heterocycles. The number of carbonyl (C=O) groups excluding carboxylic acids is 3. The Morgan fingerprint density at radius 2 is 1.85 bits per heavy atom. The molecule has 0 unspecified atom stereocenters. The second-order valence-corrected chi connectivity index (χ2v) is 8.86. The molecule has 1 N–H and O–H groups in total. The van der Waals surface area contributed by atoms with Crippen molar-refractivity contribution in [2.45, 2.75) is 13.5 Å². The molecule has 0 radical (unpaired) electrons. The van der Waals surface area contributed by atoms with E-state index in [1.807, 2.05) is 30.3 Å². The molecule has 0 atom stereocenters. The van der Waals surface area contributed by atoms with E-state index in [9.17, 15) is 18.8 Å². The third kappa shape index (κ3) is 5.05. The van der Waals surface area contributed by atoms with Crippen LogP contribution in [0.4, 0.5) is 9.18 Å². The third-order valence-corrected chi connectivity index (χ3v) is 6.45. The molecule has 1 fully saturated rings. The summed E-state index contributed by atoms with van der Waals surface area (Å²) < 4.78 is 15.4. The largest absolute Gasteiger partial charge is 0.350 e. The van der Waals surface area contributed by atoms with Crippen LogP contribution in [0.25, 0.3) is 6.08 Å². The number of aryl methyl sites for hydroxylation is 1. The Morgan fingerprint density at radius 3 is 2.59 bits per heavy atom. The van der Waals surface area contributed by atoms with Crippen LogP contribution in [0.15, 0.2) is 59.5 Å². The maximum absolute atomic E-state index is 13.9. The van der Waals surface area contributed by atoms with E-state index in [1.54, 1.807) is 23.7 Å². The van der Waals surface area contributed by atoms with E-state index in [2.05, 4.69) is 10.4 Å². The van der Waals surface area contributed by atoms with Gasteiger partial charge in [-0.2, -0.15) is 5.10 Å². The van der Waals surface area contributed by atoms with Gasteiger partial charge in [0.15, 0.2) is 0 Å². The molecule has 1 aliphatic rings. The lowest BCUT2D eigenvalue weighted by Crippen LogP contribution is -2.37. The fraction of sp³-hybridized carbons (Fsp3) is 0.167. The van der Waals surface area contributed by atoms with Gasteiger partial charge >= 0.3 is 0 Å². The highest BCUT2D eigenvalue weighted by Gasteiger charge is 2.35. The van der Waals surface area contributed by atoms with Crippen LogP contribution in [0, 0.1) is 12.7 Å². The molecule has 3 amide bonds. The van der Waals surface area contributed by atoms with Gasteiger partial charge in [-0.05, 0) is 36.4 Å². The number of hydrogen-bond acceptors (Lipinski definition) is 5. The summed E-state index contributed by atoms with van der Waals surface area (Å²) in [7, 11) is 0. The van der Waals surface area contributed by atoms with Crippen molar-refractivity contribution in [2.24, 2.45) is 0 Å². The van der Waals surface area contributed by atoms with Crippen molar-refractivity contribution in [1.29, 1.82) is 0 Å². The Morgan fingerprint density at radius 1 is 1.15 bits per heavy atom. The summed E-state index contributed by atoms with van der Waals surface area (Å²) in [5, 5.41) is 6.77. The van der Waals surface area contributed by atoms with Crippen LogP contribution in [0.2, 0.25) is 5.15 Å². The number of imide groups is 1. The lowest BCUT2D eigenvalue weighted by Gasteiger charge is -2.13. The third-order valence-electron chi connectivity index (χ3n) is 5.15. The molecular weight excluding hydrogens is 479 g/mol. The van der Waals surface area contributed by atoms with Crippen molar-refractivity contribution in [1.82, 2.24) is 20.0 Å². The summed E-state index contributed by atoms with van der Waals surface area (Å²) >= 11 is 7.15. The van der Waals surface area contributed by atoms with E-state index in [4.69, 9.17) is 11.6 Å². The molecule has 4 rings (SSSR count). The first kappa shape index (κ1) is 23.7. The van der Waals surface area contributed by atoms with E-state index in [1.165, 1.54) is 18.2 Å². The molecule has 1 aliphatic heterocycles. The van der Waals surface area contributed by atoms with Crippen LogP contribution < -0.4 is 5.32 Å². The Balaban J connectivity index is 1.38. The van der Waals surface area contributed by atoms with E-state index in [0.29, 0.717) is 12.2 Å². The predicted octanol–water partition coefficient (Wildman–Crippen LogP) is 4.50. The fourth-order valence-corrected chi connectivity index (χ4v) is 4.64. The highest BCUT2D eigenvalue weighted by Crippen LogP contribution is 2.32. The van der Waals surface area contributed by atoms with Crippen LogP contribution in [-0.4, -0.2) is 44.8 Å². The number of hydrogen-bond donors (Lipinski definition) is 1. The Bertz CT molecular complexity index is 1290. The molecule has 10 heteroatoms. The van der Waals surface area contributed by atoms with Crippen LogP contribution in [-0.2, 0) is 11.3 Å². The normalized spacial score (nSPS) is 14.8. The summed E-state index contributed by atoms with van der Waals surface area (Å²) in [6.45, 7) is 2.11. The average molecular weight is 499 g/mol. The van der Waals surface area contributed by atoms with Gasteiger partial charge in [0, 0.05) is 18.7 Å². The first-order valence-electron chi connectivity index (χ1n) is 10.4. The van der Waals surface area contributed by atoms with Gasteiger partial charge in [-0.15, -0.1) is 0 Å². The van der Waals surface area contributed by atoms with Crippen LogP contribution in [0.5, 0.6) is 0 Å². The van der Waals surface area contributed by atoms with E-state index >= 15 is 0 Å². The van der Waals surface area contributed by atoms with E-state index in [-0.39, 0.29) is 34.3 Å². The maximum Gasteiger partial charge on any atom is 0.293 e. The number of nitrogens with one attached hydrogen (secondary N) is 1. The van der Waals surface area contributed by atoms with E-state index < -0.39 is 22.9 Å². The number of amides is 3. The second kappa shape index (κ2) is 10.2. The van der Waals surface area contributed by atoms with Gasteiger partial charge in [0.1, 0.15) is 11.0 Å². The summed E-state index contributed by atoms with van der Waals surface area (Å²) in [6, 6.07) is 15.6. The second-order valence-electron chi connectivity index (χ2n) is 7.51. The molecular formula is C24H20ClFN4O3S. The number of nitrogens with zero attached hydrogens (tertiary/aromatic N) is 3. The molecule has 7 nitrogen and oxygen atoms in total. The molecule has 3 aromatic rings. The predicted molar refractivity (Wildman–Crippen MR) is 129 cm³/mol. The minimum Gasteiger partial charge on any atom is -0.350 e. The zero-order valence-electron chi connectivity index (χ0n) is 18.1. The molecule has 34 heavy (non-hydrogen) atoms. The highest BCUT2D eigenvalue weighted by atomic mass is 35.5. The molecule has 2 aromatic carbocycles. The number of aromatic nitrogens is 2. The minimum absolute atomic E-state index is 0.0279. The van der Waals surface area contributed by atoms with Gasteiger partial charge in [-0.1, -0.05) is 60.1 Å². The van der Waals surface area contributed by atoms with Crippen molar-refractivity contribution in [3.63, 3.8) is 0 Å². The van der Waals surface area contributed by atoms with Crippen LogP contribution in [0.1, 0.15) is 27.2 Å². The first-order valence-corrected chi connectivity index (χ1v) is 11.6. The zero-order chi connectivity index (χ0) is 24.2. The van der Waals surface area contributed by atoms with Gasteiger partial charge in [0.25, 0.3) is 17.1 Å². The van der Waals surface area contributed by atoms with Crippen molar-refractivity contribution in [3.05, 3.63) is 92.9 Å². The topological polar surface area (TPSA) is 84.3 Å². The number of benzene rings is 2. The molecule has 1 aromatic heterocycles. The fourth-order valence-electron chi connectivity index (χ4n) is 3.47. The smallest absolute Gasteiger partial charge is 0.293 e. The lowest BCUT2D eigenvalue weighted by atomic mass is 10.2. The summed E-state index contributed by atoms with van der Waals surface area (Å²) in [4.78, 5) is 38.8. The van der Waals surface area contributed by atoms with E-state index in [0.717, 1.165) is 22.2 Å². The van der Waals surface area contributed by atoms with Crippen molar-refractivity contribution >= 4 is 46.5 Å². The molecule has 0 spiro atoms. The zero-order valence-corrected chi connectivity index (χ0v) is 19.7. The number of thioether (sulfide) groups is 1. The Labute approximate surface area is 204 Å². The van der Waals surface area contributed by atoms with Gasteiger partial charge in [-0.25, -0.2) is 9.07 Å². The number of carbonyl (C=O) groups is 3. The Kier molecular flexibility index (Phi) is 7.14. The van der Waals surface area contributed by atoms with Crippen molar-refractivity contribution in [3.8, 4) is 0 Å². The quantitative estimate of drug-likeness (QED) is 0.485. The first-order chi connectivity index (χ1) is 16.3. The molecule has 174 valence electrons. The number of rotatable bonds is 7. The lowest BCUT2D eigenvalue weighted by molar-refractivity contribution is -0.122. The SMILES string of the molecule is Cc1nn(Cc2ccccc2)c(Cl)c1C(=O)NCCN1C(=O)S/C(=C\c2ccccc2F)C1=O. The average Bonchev–Trinajstić information content (AvgIpc) is 3.24. The standard InChI is InChI=1S/C24H20ClFN4O3S/c1-15-20(21(25)30(28-15)14-16-7-3-2-4-8-16)22(31)27-11-12-29-23(32)19(34-24(29)33)13-17-9-5-6-10-18(17)26/h2-10,13H,11-12,14H2,1H3,(H,27,31)/b19-13-. The molecule has 0 bridgehead atoms. The van der Waals surface area contributed by atoms with Gasteiger partial charge in [0.05, 0.1) is 22.7 Å². The summed E-state index contributed by atoms with van der Waals surface area (Å²) in [6.07, 6.45) is 1.35. The molecule has 1 saturated heterocycles. The van der Waals surface area contributed by atoms with Crippen molar-refractivity contribution < 1.29 is 18.8 Å². The molecule has 0 aliphatic carbocycles. The van der Waals surface area contributed by atoms with Gasteiger partial charge in [-0.3, -0.25) is 19.3 Å². The minimum atomic E-state index is -0.530. The van der Waals surface area contributed by atoms with Gasteiger partial charge < -0.3 is 5.32 Å². The van der Waals surface area contributed by atoms with Crippen molar-refractivity contribution in [2.75, 3.05) is 13.1 Å². The highest BCUT2D eigenvalue weighted by molar-refractivity contribution is 8.18. The number of halogens is 2. The Hall–Kier alpha value is -3.43. The summed E-state index contributed by atoms with van der Waals surface area (Å²) in [5.74, 6) is -1.46.